The Balaban J connectivity index is 2.11. The van der Waals surface area contributed by atoms with E-state index < -0.39 is 12.7 Å². The summed E-state index contributed by atoms with van der Waals surface area (Å²) in [5.74, 6) is 0.241. The highest BCUT2D eigenvalue weighted by Crippen LogP contribution is 2.39. The summed E-state index contributed by atoms with van der Waals surface area (Å²) in [5.41, 5.74) is -0.258. The molecule has 1 saturated heterocycles. The molecule has 2 rings (SSSR count). The fourth-order valence-electron chi connectivity index (χ4n) is 2.72. The lowest BCUT2D eigenvalue weighted by Gasteiger charge is -2.33. The summed E-state index contributed by atoms with van der Waals surface area (Å²) in [7, 11) is -0.410. The molecular formula is C17H30BNO4. The second kappa shape index (κ2) is 5.81. The highest BCUT2D eigenvalue weighted by atomic mass is 16.7. The Morgan fingerprint density at radius 3 is 2.26 bits per heavy atom. The van der Waals surface area contributed by atoms with Gasteiger partial charge in [0.2, 0.25) is 0 Å². The van der Waals surface area contributed by atoms with Gasteiger partial charge >= 0.3 is 13.2 Å². The van der Waals surface area contributed by atoms with Crippen molar-refractivity contribution in [3.05, 3.63) is 11.5 Å². The van der Waals surface area contributed by atoms with E-state index in [1.165, 1.54) is 0 Å². The first-order valence-electron chi connectivity index (χ1n) is 8.35. The molecule has 130 valence electrons. The molecule has 0 aromatic carbocycles. The maximum atomic E-state index is 12.4. The molecule has 0 N–H and O–H groups in total. The van der Waals surface area contributed by atoms with Crippen LogP contribution in [0.25, 0.3) is 0 Å². The predicted molar refractivity (Wildman–Crippen MR) is 91.1 cm³/mol. The number of ether oxygens (including phenoxy) is 1. The van der Waals surface area contributed by atoms with Crippen LogP contribution in [-0.4, -0.2) is 48.0 Å². The van der Waals surface area contributed by atoms with E-state index in [0.29, 0.717) is 13.1 Å². The maximum Gasteiger partial charge on any atom is 0.492 e. The van der Waals surface area contributed by atoms with Crippen molar-refractivity contribution in [2.24, 2.45) is 5.92 Å². The Bertz CT molecular complexity index is 491. The van der Waals surface area contributed by atoms with E-state index in [4.69, 9.17) is 14.0 Å². The number of carbonyl (C=O) groups is 1. The lowest BCUT2D eigenvalue weighted by Crippen LogP contribution is -2.45. The molecule has 2 heterocycles. The molecule has 6 heteroatoms. The van der Waals surface area contributed by atoms with Gasteiger partial charge < -0.3 is 18.9 Å². The van der Waals surface area contributed by atoms with Crippen molar-refractivity contribution in [1.29, 1.82) is 0 Å². The molecular weight excluding hydrogens is 293 g/mol. The van der Waals surface area contributed by atoms with Crippen molar-refractivity contribution in [2.75, 3.05) is 13.1 Å². The first-order valence-corrected chi connectivity index (χ1v) is 8.35. The van der Waals surface area contributed by atoms with Gasteiger partial charge in [0.1, 0.15) is 5.60 Å². The fraction of sp³-hybridized carbons (Fsp3) is 0.824. The van der Waals surface area contributed by atoms with Crippen LogP contribution in [0.2, 0.25) is 0 Å². The first kappa shape index (κ1) is 18.3. The molecule has 23 heavy (non-hydrogen) atoms. The van der Waals surface area contributed by atoms with E-state index >= 15 is 0 Å². The van der Waals surface area contributed by atoms with Gasteiger partial charge in [0, 0.05) is 13.1 Å². The molecule has 2 aliphatic rings. The van der Waals surface area contributed by atoms with Crippen molar-refractivity contribution in [3.8, 4) is 0 Å². The van der Waals surface area contributed by atoms with Gasteiger partial charge in [-0.15, -0.1) is 0 Å². The number of carbonyl (C=O) groups excluding carboxylic acids is 1. The van der Waals surface area contributed by atoms with E-state index in [0.717, 1.165) is 5.47 Å². The summed E-state index contributed by atoms with van der Waals surface area (Å²) in [6, 6.07) is 0. The van der Waals surface area contributed by atoms with Crippen LogP contribution in [0.3, 0.4) is 0 Å². The maximum absolute atomic E-state index is 12.4. The van der Waals surface area contributed by atoms with Crippen LogP contribution in [0.1, 0.15) is 55.4 Å². The Kier molecular flexibility index (Phi) is 4.64. The summed E-state index contributed by atoms with van der Waals surface area (Å²) in [6.45, 7) is 17.0. The first-order chi connectivity index (χ1) is 10.3. The minimum Gasteiger partial charge on any atom is -0.444 e. The van der Waals surface area contributed by atoms with E-state index in [1.807, 2.05) is 48.5 Å². The quantitative estimate of drug-likeness (QED) is 0.694. The third-order valence-electron chi connectivity index (χ3n) is 4.59. The van der Waals surface area contributed by atoms with Crippen LogP contribution in [-0.2, 0) is 14.0 Å². The number of rotatable bonds is 1. The monoisotopic (exact) mass is 323 g/mol. The summed E-state index contributed by atoms with van der Waals surface area (Å²) < 4.78 is 17.7. The highest BCUT2D eigenvalue weighted by molar-refractivity contribution is 6.54. The zero-order chi connectivity index (χ0) is 17.6. The number of hydrogen-bond acceptors (Lipinski definition) is 4. The zero-order valence-electron chi connectivity index (χ0n) is 15.7. The lowest BCUT2D eigenvalue weighted by molar-refractivity contribution is 0.00578. The van der Waals surface area contributed by atoms with Crippen molar-refractivity contribution >= 4 is 13.2 Å². The molecule has 2 aliphatic heterocycles. The summed E-state index contributed by atoms with van der Waals surface area (Å²) in [4.78, 5) is 14.1. The minimum atomic E-state index is -0.494. The molecule has 1 atom stereocenters. The Labute approximate surface area is 140 Å². The standard InChI is InChI=1S/C17H30BNO4/c1-12-9-13(18-22-16(5,6)17(7,8)23-18)11-19(10-12)14(20)21-15(2,3)4/h9,12H,10-11H2,1-8H3. The summed E-state index contributed by atoms with van der Waals surface area (Å²) in [6.07, 6.45) is 1.87. The SMILES string of the molecule is CC1C=C(B2OC(C)(C)C(C)(C)O2)CN(C(=O)OC(C)(C)C)C1. The minimum absolute atomic E-state index is 0.241. The Morgan fingerprint density at radius 2 is 1.78 bits per heavy atom. The van der Waals surface area contributed by atoms with Crippen LogP contribution in [0.4, 0.5) is 4.79 Å². The Morgan fingerprint density at radius 1 is 1.26 bits per heavy atom. The average molecular weight is 323 g/mol. The predicted octanol–water partition coefficient (Wildman–Crippen LogP) is 3.43. The van der Waals surface area contributed by atoms with Gasteiger partial charge in [-0.05, 0) is 59.9 Å². The third kappa shape index (κ3) is 4.10. The molecule has 5 nitrogen and oxygen atoms in total. The van der Waals surface area contributed by atoms with Gasteiger partial charge in [-0.3, -0.25) is 0 Å². The van der Waals surface area contributed by atoms with E-state index in [-0.39, 0.29) is 23.2 Å². The van der Waals surface area contributed by atoms with Gasteiger partial charge in [0.05, 0.1) is 11.2 Å². The fourth-order valence-corrected chi connectivity index (χ4v) is 2.72. The molecule has 0 radical (unpaired) electrons. The van der Waals surface area contributed by atoms with E-state index in [1.54, 1.807) is 4.90 Å². The van der Waals surface area contributed by atoms with Gasteiger partial charge in [-0.25, -0.2) is 4.79 Å². The van der Waals surface area contributed by atoms with Crippen molar-refractivity contribution in [2.45, 2.75) is 72.2 Å². The molecule has 0 aliphatic carbocycles. The number of nitrogens with zero attached hydrogens (tertiary/aromatic N) is 1. The molecule has 1 unspecified atom stereocenters. The smallest absolute Gasteiger partial charge is 0.444 e. The average Bonchev–Trinajstić information content (AvgIpc) is 2.55. The van der Waals surface area contributed by atoms with Crippen LogP contribution in [0, 0.1) is 5.92 Å². The van der Waals surface area contributed by atoms with E-state index in [2.05, 4.69) is 13.0 Å². The largest absolute Gasteiger partial charge is 0.492 e. The van der Waals surface area contributed by atoms with Gasteiger partial charge in [0.25, 0.3) is 0 Å². The van der Waals surface area contributed by atoms with Crippen LogP contribution >= 0.6 is 0 Å². The molecule has 0 saturated carbocycles. The third-order valence-corrected chi connectivity index (χ3v) is 4.59. The topological polar surface area (TPSA) is 48.0 Å². The highest BCUT2D eigenvalue weighted by Gasteiger charge is 2.53. The second-order valence-corrected chi connectivity index (χ2v) is 8.67. The second-order valence-electron chi connectivity index (χ2n) is 8.67. The summed E-state index contributed by atoms with van der Waals surface area (Å²) >= 11 is 0. The molecule has 1 fully saturated rings. The number of hydrogen-bond donors (Lipinski definition) is 0. The molecule has 0 bridgehead atoms. The molecule has 0 aromatic rings. The molecule has 0 spiro atoms. The number of amides is 1. The van der Waals surface area contributed by atoms with Crippen LogP contribution in [0.15, 0.2) is 11.5 Å². The summed E-state index contributed by atoms with van der Waals surface area (Å²) in [5, 5.41) is 0. The van der Waals surface area contributed by atoms with Crippen molar-refractivity contribution < 1.29 is 18.8 Å². The van der Waals surface area contributed by atoms with Gasteiger partial charge in [-0.2, -0.15) is 0 Å². The zero-order valence-corrected chi connectivity index (χ0v) is 15.7. The molecule has 1 amide bonds. The molecule has 0 aromatic heterocycles. The van der Waals surface area contributed by atoms with Crippen LogP contribution < -0.4 is 0 Å². The van der Waals surface area contributed by atoms with Gasteiger partial charge in [-0.1, -0.05) is 13.0 Å². The lowest BCUT2D eigenvalue weighted by atomic mass is 9.74. The van der Waals surface area contributed by atoms with Gasteiger partial charge in [0.15, 0.2) is 0 Å². The Hall–Kier alpha value is -1.01. The van der Waals surface area contributed by atoms with Crippen molar-refractivity contribution in [3.63, 3.8) is 0 Å². The van der Waals surface area contributed by atoms with E-state index in [9.17, 15) is 4.79 Å². The normalized spacial score (nSPS) is 27.0. The van der Waals surface area contributed by atoms with Crippen LogP contribution in [0.5, 0.6) is 0 Å². The van der Waals surface area contributed by atoms with Crippen molar-refractivity contribution in [1.82, 2.24) is 4.90 Å².